The van der Waals surface area contributed by atoms with Gasteiger partial charge in [0.15, 0.2) is 0 Å². The second kappa shape index (κ2) is 6.23. The third-order valence-corrected chi connectivity index (χ3v) is 4.82. The van der Waals surface area contributed by atoms with Gasteiger partial charge in [0, 0.05) is 6.04 Å². The van der Waals surface area contributed by atoms with E-state index in [0.29, 0.717) is 0 Å². The van der Waals surface area contributed by atoms with Gasteiger partial charge in [-0.25, -0.2) is 8.42 Å². The molecule has 1 atom stereocenters. The zero-order valence-corrected chi connectivity index (χ0v) is 12.0. The Hall–Kier alpha value is -1.28. The first-order valence-electron chi connectivity index (χ1n) is 6.59. The van der Waals surface area contributed by atoms with Crippen LogP contribution in [0.25, 0.3) is 0 Å². The lowest BCUT2D eigenvalue weighted by Crippen LogP contribution is -2.38. The highest BCUT2D eigenvalue weighted by Crippen LogP contribution is 2.35. The van der Waals surface area contributed by atoms with E-state index in [9.17, 15) is 21.6 Å². The van der Waals surface area contributed by atoms with Gasteiger partial charge in [-0.05, 0) is 31.5 Å². The van der Waals surface area contributed by atoms with Gasteiger partial charge in [-0.3, -0.25) is 0 Å². The number of halogens is 3. The number of ether oxygens (including phenoxy) is 1. The van der Waals surface area contributed by atoms with Gasteiger partial charge >= 0.3 is 5.51 Å². The van der Waals surface area contributed by atoms with E-state index in [0.717, 1.165) is 31.9 Å². The SMILES string of the molecule is O=S(=O)(c1ccccc1OCC1CCCCN1)C(F)(F)F. The van der Waals surface area contributed by atoms with Crippen LogP contribution in [0.5, 0.6) is 5.75 Å². The van der Waals surface area contributed by atoms with Crippen LogP contribution in [-0.4, -0.2) is 33.1 Å². The Morgan fingerprint density at radius 3 is 2.57 bits per heavy atom. The molecule has 1 saturated heterocycles. The van der Waals surface area contributed by atoms with Crippen molar-refractivity contribution in [3.05, 3.63) is 24.3 Å². The summed E-state index contributed by atoms with van der Waals surface area (Å²) in [5, 5.41) is 3.18. The van der Waals surface area contributed by atoms with E-state index < -0.39 is 20.2 Å². The maximum atomic E-state index is 12.6. The number of alkyl halides is 3. The number of hydrogen-bond acceptors (Lipinski definition) is 4. The Bertz CT molecular complexity index is 581. The van der Waals surface area contributed by atoms with Crippen LogP contribution in [0.3, 0.4) is 0 Å². The lowest BCUT2D eigenvalue weighted by molar-refractivity contribution is -0.0437. The summed E-state index contributed by atoms with van der Waals surface area (Å²) in [6.07, 6.45) is 2.92. The van der Waals surface area contributed by atoms with E-state index in [2.05, 4.69) is 5.32 Å². The van der Waals surface area contributed by atoms with Crippen LogP contribution in [0.4, 0.5) is 13.2 Å². The van der Waals surface area contributed by atoms with Gasteiger partial charge in [0.2, 0.25) is 0 Å². The molecule has 0 bridgehead atoms. The van der Waals surface area contributed by atoms with Crippen LogP contribution in [0.2, 0.25) is 0 Å². The molecular formula is C13H16F3NO3S. The average Bonchev–Trinajstić information content (AvgIpc) is 2.45. The summed E-state index contributed by atoms with van der Waals surface area (Å²) in [5.41, 5.74) is -5.34. The summed E-state index contributed by atoms with van der Waals surface area (Å²) in [6, 6.07) is 4.86. The molecule has 1 fully saturated rings. The minimum atomic E-state index is -5.41. The van der Waals surface area contributed by atoms with Gasteiger partial charge in [0.1, 0.15) is 17.3 Å². The minimum Gasteiger partial charge on any atom is -0.491 e. The summed E-state index contributed by atoms with van der Waals surface area (Å²) in [6.45, 7) is 0.973. The fourth-order valence-corrected chi connectivity index (χ4v) is 3.07. The first-order chi connectivity index (χ1) is 9.82. The van der Waals surface area contributed by atoms with Gasteiger partial charge in [0.05, 0.1) is 0 Å². The summed E-state index contributed by atoms with van der Waals surface area (Å²) < 4.78 is 66.2. The third-order valence-electron chi connectivity index (χ3n) is 3.30. The van der Waals surface area contributed by atoms with E-state index >= 15 is 0 Å². The van der Waals surface area contributed by atoms with Gasteiger partial charge in [-0.15, -0.1) is 0 Å². The summed E-state index contributed by atoms with van der Waals surface area (Å²) in [5.74, 6) is -0.262. The number of sulfone groups is 1. The predicted octanol–water partition coefficient (Wildman–Crippen LogP) is 2.50. The molecule has 0 spiro atoms. The largest absolute Gasteiger partial charge is 0.502 e. The summed E-state index contributed by atoms with van der Waals surface area (Å²) >= 11 is 0. The van der Waals surface area contributed by atoms with E-state index in [1.807, 2.05) is 0 Å². The molecule has 1 unspecified atom stereocenters. The molecule has 1 N–H and O–H groups in total. The maximum Gasteiger partial charge on any atom is 0.502 e. The minimum absolute atomic E-state index is 0.0281. The number of rotatable bonds is 4. The lowest BCUT2D eigenvalue weighted by Gasteiger charge is -2.24. The lowest BCUT2D eigenvalue weighted by atomic mass is 10.1. The van der Waals surface area contributed by atoms with E-state index in [1.54, 1.807) is 0 Å². The highest BCUT2D eigenvalue weighted by Gasteiger charge is 2.48. The molecule has 118 valence electrons. The molecule has 2 rings (SSSR count). The molecule has 0 radical (unpaired) electrons. The first kappa shape index (κ1) is 16.1. The van der Waals surface area contributed by atoms with Crippen molar-refractivity contribution in [3.8, 4) is 5.75 Å². The Kier molecular flexibility index (Phi) is 4.77. The van der Waals surface area contributed by atoms with Crippen LogP contribution in [0.1, 0.15) is 19.3 Å². The summed E-state index contributed by atoms with van der Waals surface area (Å²) in [7, 11) is -5.41. The fourth-order valence-electron chi connectivity index (χ4n) is 2.17. The number of piperidine rings is 1. The molecule has 0 aromatic heterocycles. The number of hydrogen-bond donors (Lipinski definition) is 1. The number of benzene rings is 1. The van der Waals surface area contributed by atoms with Crippen LogP contribution in [0, 0.1) is 0 Å². The van der Waals surface area contributed by atoms with Crippen molar-refractivity contribution in [2.24, 2.45) is 0 Å². The third kappa shape index (κ3) is 3.68. The Labute approximate surface area is 121 Å². The molecular weight excluding hydrogens is 307 g/mol. The van der Waals surface area contributed by atoms with Gasteiger partial charge in [-0.2, -0.15) is 13.2 Å². The Morgan fingerprint density at radius 1 is 1.24 bits per heavy atom. The van der Waals surface area contributed by atoms with Crippen molar-refractivity contribution in [1.82, 2.24) is 5.32 Å². The van der Waals surface area contributed by atoms with Gasteiger partial charge in [0.25, 0.3) is 9.84 Å². The molecule has 1 aliphatic heterocycles. The van der Waals surface area contributed by atoms with Crippen molar-refractivity contribution in [2.45, 2.75) is 35.7 Å². The Morgan fingerprint density at radius 2 is 1.95 bits per heavy atom. The molecule has 1 aromatic rings. The highest BCUT2D eigenvalue weighted by molar-refractivity contribution is 7.92. The van der Waals surface area contributed by atoms with Crippen molar-refractivity contribution >= 4 is 9.84 Å². The monoisotopic (exact) mass is 323 g/mol. The zero-order chi connectivity index (χ0) is 15.5. The van der Waals surface area contributed by atoms with E-state index in [1.165, 1.54) is 18.2 Å². The molecule has 1 aliphatic rings. The number of nitrogens with one attached hydrogen (secondary N) is 1. The molecule has 0 amide bonds. The van der Waals surface area contributed by atoms with Gasteiger partial charge < -0.3 is 10.1 Å². The van der Waals surface area contributed by atoms with Crippen molar-refractivity contribution < 1.29 is 26.3 Å². The molecule has 0 saturated carbocycles. The summed E-state index contributed by atoms with van der Waals surface area (Å²) in [4.78, 5) is -0.840. The quantitative estimate of drug-likeness (QED) is 0.925. The standard InChI is InChI=1S/C13H16F3NO3S/c14-13(15,16)21(18,19)12-7-2-1-6-11(12)20-9-10-5-3-4-8-17-10/h1-2,6-7,10,17H,3-5,8-9H2. The first-order valence-corrected chi connectivity index (χ1v) is 8.07. The zero-order valence-electron chi connectivity index (χ0n) is 11.2. The van der Waals surface area contributed by atoms with Crippen LogP contribution in [0.15, 0.2) is 29.2 Å². The molecule has 1 aromatic carbocycles. The highest BCUT2D eigenvalue weighted by atomic mass is 32.2. The normalized spacial score (nSPS) is 20.2. The van der Waals surface area contributed by atoms with E-state index in [-0.39, 0.29) is 18.4 Å². The van der Waals surface area contributed by atoms with E-state index in [4.69, 9.17) is 4.74 Å². The molecule has 21 heavy (non-hydrogen) atoms. The number of para-hydroxylation sites is 1. The van der Waals surface area contributed by atoms with Crippen molar-refractivity contribution in [2.75, 3.05) is 13.2 Å². The Balaban J connectivity index is 2.17. The van der Waals surface area contributed by atoms with Gasteiger partial charge in [-0.1, -0.05) is 18.6 Å². The maximum absolute atomic E-state index is 12.6. The molecule has 4 nitrogen and oxygen atoms in total. The fraction of sp³-hybridized carbons (Fsp3) is 0.538. The average molecular weight is 323 g/mol. The molecule has 8 heteroatoms. The predicted molar refractivity (Wildman–Crippen MR) is 70.8 cm³/mol. The second-order valence-corrected chi connectivity index (χ2v) is 6.76. The van der Waals surface area contributed by atoms with Crippen LogP contribution < -0.4 is 10.1 Å². The van der Waals surface area contributed by atoms with Crippen LogP contribution in [-0.2, 0) is 9.84 Å². The topological polar surface area (TPSA) is 55.4 Å². The van der Waals surface area contributed by atoms with Crippen molar-refractivity contribution in [1.29, 1.82) is 0 Å². The smallest absolute Gasteiger partial charge is 0.491 e. The second-order valence-electron chi connectivity index (χ2n) is 4.85. The molecule has 1 heterocycles. The molecule has 0 aliphatic carbocycles. The van der Waals surface area contributed by atoms with Crippen molar-refractivity contribution in [3.63, 3.8) is 0 Å². The van der Waals surface area contributed by atoms with Crippen LogP contribution >= 0.6 is 0 Å².